The van der Waals surface area contributed by atoms with Crippen molar-refractivity contribution in [1.82, 2.24) is 5.32 Å². The number of hydrogen-bond acceptors (Lipinski definition) is 4. The average molecular weight is 380 g/mol. The molecule has 28 heavy (non-hydrogen) atoms. The van der Waals surface area contributed by atoms with Crippen LogP contribution in [0.3, 0.4) is 0 Å². The Morgan fingerprint density at radius 1 is 1.14 bits per heavy atom. The maximum atomic E-state index is 12.7. The highest BCUT2D eigenvalue weighted by Crippen LogP contribution is 2.47. The predicted molar refractivity (Wildman–Crippen MR) is 108 cm³/mol. The van der Waals surface area contributed by atoms with Gasteiger partial charge in [-0.1, -0.05) is 42.5 Å². The van der Waals surface area contributed by atoms with Crippen molar-refractivity contribution in [2.75, 3.05) is 13.7 Å². The molecule has 2 saturated carbocycles. The van der Waals surface area contributed by atoms with Gasteiger partial charge in [0.15, 0.2) is 0 Å². The monoisotopic (exact) mass is 380 g/mol. The number of nitrogens with one attached hydrogen (secondary N) is 1. The number of methoxy groups -OCH3 is 1. The zero-order valence-corrected chi connectivity index (χ0v) is 16.3. The Morgan fingerprint density at radius 3 is 2.61 bits per heavy atom. The van der Waals surface area contributed by atoms with E-state index in [-0.39, 0.29) is 30.4 Å². The molecule has 0 saturated heterocycles. The fourth-order valence-electron chi connectivity index (χ4n) is 5.12. The first-order chi connectivity index (χ1) is 13.6. The molecule has 3 N–H and O–H groups in total. The third-order valence-electron chi connectivity index (χ3n) is 6.64. The Hall–Kier alpha value is -2.40. The molecule has 0 aromatic heterocycles. The zero-order valence-electron chi connectivity index (χ0n) is 16.3. The molecule has 0 radical (unpaired) electrons. The number of amides is 1. The molecule has 4 rings (SSSR count). The summed E-state index contributed by atoms with van der Waals surface area (Å²) in [4.78, 5) is 25.1. The normalized spacial score (nSPS) is 26.9. The van der Waals surface area contributed by atoms with Gasteiger partial charge in [-0.25, -0.2) is 0 Å². The molecule has 0 spiro atoms. The van der Waals surface area contributed by atoms with E-state index in [0.29, 0.717) is 18.3 Å². The van der Waals surface area contributed by atoms with E-state index < -0.39 is 5.92 Å². The standard InChI is InChI=1S/C23H28N2O3/c1-28-23(27)19(11-14-6-7-15-4-2-3-5-16(15)10-14)13-25-22(26)20-17-8-9-18(12-17)21(20)24/h2-7,10,17-21H,8-9,11-13,24H2,1H3,(H,25,26). The first-order valence-electron chi connectivity index (χ1n) is 10.2. The van der Waals surface area contributed by atoms with Crippen LogP contribution in [0.2, 0.25) is 0 Å². The highest BCUT2D eigenvalue weighted by Gasteiger charge is 2.49. The van der Waals surface area contributed by atoms with Crippen LogP contribution in [0.15, 0.2) is 42.5 Å². The summed E-state index contributed by atoms with van der Waals surface area (Å²) in [5.41, 5.74) is 7.34. The van der Waals surface area contributed by atoms with Crippen LogP contribution in [0, 0.1) is 23.7 Å². The van der Waals surface area contributed by atoms with Crippen molar-refractivity contribution in [2.24, 2.45) is 29.4 Å². The number of benzene rings is 2. The summed E-state index contributed by atoms with van der Waals surface area (Å²) in [6, 6.07) is 14.3. The number of fused-ring (bicyclic) bond motifs is 3. The van der Waals surface area contributed by atoms with Crippen molar-refractivity contribution >= 4 is 22.6 Å². The molecule has 2 bridgehead atoms. The van der Waals surface area contributed by atoms with Crippen LogP contribution in [0.25, 0.3) is 10.8 Å². The summed E-state index contributed by atoms with van der Waals surface area (Å²) in [6.45, 7) is 0.277. The highest BCUT2D eigenvalue weighted by molar-refractivity contribution is 5.83. The molecule has 0 aliphatic heterocycles. The van der Waals surface area contributed by atoms with Gasteiger partial charge in [0, 0.05) is 12.6 Å². The SMILES string of the molecule is COC(=O)C(CNC(=O)C1C2CCC(C2)C1N)Cc1ccc2ccccc2c1. The molecule has 2 aromatic rings. The molecule has 2 aliphatic carbocycles. The lowest BCUT2D eigenvalue weighted by molar-refractivity contribution is -0.145. The zero-order chi connectivity index (χ0) is 19.7. The maximum Gasteiger partial charge on any atom is 0.310 e. The average Bonchev–Trinajstić information content (AvgIpc) is 3.31. The van der Waals surface area contributed by atoms with Crippen molar-refractivity contribution in [3.05, 3.63) is 48.0 Å². The Labute approximate surface area is 165 Å². The third-order valence-corrected chi connectivity index (χ3v) is 6.64. The predicted octanol–water partition coefficient (Wildman–Crippen LogP) is 2.66. The van der Waals surface area contributed by atoms with Gasteiger partial charge >= 0.3 is 5.97 Å². The number of hydrogen-bond donors (Lipinski definition) is 2. The lowest BCUT2D eigenvalue weighted by Crippen LogP contribution is -2.47. The number of carbonyl (C=O) groups is 2. The summed E-state index contributed by atoms with van der Waals surface area (Å²) < 4.78 is 4.99. The Kier molecular flexibility index (Phi) is 5.36. The summed E-state index contributed by atoms with van der Waals surface area (Å²) in [6.07, 6.45) is 3.83. The molecule has 0 heterocycles. The van der Waals surface area contributed by atoms with E-state index in [9.17, 15) is 9.59 Å². The second-order valence-electron chi connectivity index (χ2n) is 8.29. The van der Waals surface area contributed by atoms with Crippen molar-refractivity contribution in [1.29, 1.82) is 0 Å². The minimum atomic E-state index is -0.412. The maximum absolute atomic E-state index is 12.7. The molecule has 1 amide bonds. The minimum Gasteiger partial charge on any atom is -0.469 e. The van der Waals surface area contributed by atoms with Crippen molar-refractivity contribution in [3.63, 3.8) is 0 Å². The molecule has 5 atom stereocenters. The first kappa shape index (κ1) is 18.9. The number of nitrogens with two attached hydrogens (primary N) is 1. The number of esters is 1. The number of carbonyl (C=O) groups excluding carboxylic acids is 2. The third kappa shape index (κ3) is 3.63. The van der Waals surface area contributed by atoms with E-state index in [1.54, 1.807) is 0 Å². The quantitative estimate of drug-likeness (QED) is 0.755. The molecule has 148 valence electrons. The van der Waals surface area contributed by atoms with Crippen LogP contribution >= 0.6 is 0 Å². The van der Waals surface area contributed by atoms with E-state index in [2.05, 4.69) is 29.6 Å². The second-order valence-corrected chi connectivity index (χ2v) is 8.29. The highest BCUT2D eigenvalue weighted by atomic mass is 16.5. The molecular formula is C23H28N2O3. The van der Waals surface area contributed by atoms with E-state index in [1.807, 2.05) is 18.2 Å². The van der Waals surface area contributed by atoms with Crippen LogP contribution in [-0.4, -0.2) is 31.6 Å². The molecule has 2 aromatic carbocycles. The fourth-order valence-corrected chi connectivity index (χ4v) is 5.12. The van der Waals surface area contributed by atoms with Gasteiger partial charge in [-0.05, 0) is 53.9 Å². The van der Waals surface area contributed by atoms with Crippen LogP contribution in [-0.2, 0) is 20.7 Å². The lowest BCUT2D eigenvalue weighted by Gasteiger charge is -2.27. The van der Waals surface area contributed by atoms with Gasteiger partial charge < -0.3 is 15.8 Å². The summed E-state index contributed by atoms with van der Waals surface area (Å²) in [7, 11) is 1.39. The van der Waals surface area contributed by atoms with Gasteiger partial charge in [-0.3, -0.25) is 9.59 Å². The molecule has 5 heteroatoms. The van der Waals surface area contributed by atoms with E-state index in [4.69, 9.17) is 10.5 Å². The molecule has 5 unspecified atom stereocenters. The van der Waals surface area contributed by atoms with E-state index in [1.165, 1.54) is 12.5 Å². The summed E-state index contributed by atoms with van der Waals surface area (Å²) in [5.74, 6) is 0.0484. The van der Waals surface area contributed by atoms with Crippen LogP contribution in [0.5, 0.6) is 0 Å². The first-order valence-corrected chi connectivity index (χ1v) is 10.2. The van der Waals surface area contributed by atoms with Gasteiger partial charge in [-0.2, -0.15) is 0 Å². The molecule has 5 nitrogen and oxygen atoms in total. The van der Waals surface area contributed by atoms with Gasteiger partial charge in [0.1, 0.15) is 0 Å². The van der Waals surface area contributed by atoms with Gasteiger partial charge in [0.2, 0.25) is 5.91 Å². The molecule has 2 fully saturated rings. The van der Waals surface area contributed by atoms with Crippen LogP contribution < -0.4 is 11.1 Å². The topological polar surface area (TPSA) is 81.4 Å². The number of rotatable bonds is 6. The van der Waals surface area contributed by atoms with Crippen LogP contribution in [0.4, 0.5) is 0 Å². The van der Waals surface area contributed by atoms with Crippen molar-refractivity contribution in [2.45, 2.75) is 31.7 Å². The van der Waals surface area contributed by atoms with Gasteiger partial charge in [0.25, 0.3) is 0 Å². The van der Waals surface area contributed by atoms with Crippen LogP contribution in [0.1, 0.15) is 24.8 Å². The Balaban J connectivity index is 1.42. The second kappa shape index (κ2) is 7.92. The van der Waals surface area contributed by atoms with E-state index in [0.717, 1.165) is 30.2 Å². The van der Waals surface area contributed by atoms with Gasteiger partial charge in [0.05, 0.1) is 18.9 Å². The Morgan fingerprint density at radius 2 is 1.89 bits per heavy atom. The Bertz CT molecular complexity index is 879. The minimum absolute atomic E-state index is 0.00730. The smallest absolute Gasteiger partial charge is 0.310 e. The largest absolute Gasteiger partial charge is 0.469 e. The lowest BCUT2D eigenvalue weighted by atomic mass is 9.84. The fraction of sp³-hybridized carbons (Fsp3) is 0.478. The molecular weight excluding hydrogens is 352 g/mol. The summed E-state index contributed by atoms with van der Waals surface area (Å²) in [5, 5.41) is 5.30. The molecule has 2 aliphatic rings. The van der Waals surface area contributed by atoms with Crippen molar-refractivity contribution < 1.29 is 14.3 Å². The summed E-state index contributed by atoms with van der Waals surface area (Å²) >= 11 is 0. The van der Waals surface area contributed by atoms with Crippen molar-refractivity contribution in [3.8, 4) is 0 Å². The van der Waals surface area contributed by atoms with E-state index >= 15 is 0 Å². The number of ether oxygens (including phenoxy) is 1. The van der Waals surface area contributed by atoms with Gasteiger partial charge in [-0.15, -0.1) is 0 Å².